The number of carbonyl (C=O) groups is 1. The molecule has 30 heavy (non-hydrogen) atoms. The fraction of sp³-hybridized carbons (Fsp3) is 0.391. The van der Waals surface area contributed by atoms with Crippen LogP contribution in [0.1, 0.15) is 30.9 Å². The van der Waals surface area contributed by atoms with Gasteiger partial charge in [0.25, 0.3) is 0 Å². The van der Waals surface area contributed by atoms with Crippen molar-refractivity contribution in [3.05, 3.63) is 54.4 Å². The van der Waals surface area contributed by atoms with Gasteiger partial charge in [-0.25, -0.2) is 9.78 Å². The molecule has 0 saturated carbocycles. The van der Waals surface area contributed by atoms with E-state index in [1.807, 2.05) is 47.6 Å². The zero-order chi connectivity index (χ0) is 20.3. The van der Waals surface area contributed by atoms with E-state index in [0.29, 0.717) is 19.8 Å². The summed E-state index contributed by atoms with van der Waals surface area (Å²) in [4.78, 5) is 19.2. The number of rotatable bonds is 5. The second-order valence-corrected chi connectivity index (χ2v) is 7.77. The molecule has 156 valence electrons. The zero-order valence-corrected chi connectivity index (χ0v) is 16.9. The number of benzene rings is 2. The van der Waals surface area contributed by atoms with E-state index < -0.39 is 0 Å². The summed E-state index contributed by atoms with van der Waals surface area (Å²) in [5.74, 6) is 1.56. The standard InChI is InChI=1S/C23H26N4O3/c28-23(24-10-4-11-26-16-25-18-5-1-2-6-20(18)26)27-12-3-7-19(27)17-8-9-21-22(15-17)30-14-13-29-21/h1-2,5-6,8-9,15-16,19H,3-4,7,10-14H2,(H,24,28). The van der Waals surface area contributed by atoms with E-state index in [1.54, 1.807) is 0 Å². The van der Waals surface area contributed by atoms with Crippen LogP contribution < -0.4 is 14.8 Å². The van der Waals surface area contributed by atoms with Gasteiger partial charge in [0.05, 0.1) is 23.4 Å². The summed E-state index contributed by atoms with van der Waals surface area (Å²) in [6, 6.07) is 14.2. The molecule has 1 unspecified atom stereocenters. The summed E-state index contributed by atoms with van der Waals surface area (Å²) in [5.41, 5.74) is 3.24. The van der Waals surface area contributed by atoms with Crippen LogP contribution >= 0.6 is 0 Å². The highest BCUT2D eigenvalue weighted by Gasteiger charge is 2.30. The normalized spacial score (nSPS) is 18.0. The Hall–Kier alpha value is -3.22. The molecule has 0 aliphatic carbocycles. The quantitative estimate of drug-likeness (QED) is 0.656. The van der Waals surface area contributed by atoms with Crippen LogP contribution in [-0.4, -0.2) is 46.8 Å². The fourth-order valence-corrected chi connectivity index (χ4v) is 4.36. The second-order valence-electron chi connectivity index (χ2n) is 7.77. The monoisotopic (exact) mass is 406 g/mol. The van der Waals surface area contributed by atoms with Crippen molar-refractivity contribution in [2.45, 2.75) is 31.8 Å². The smallest absolute Gasteiger partial charge is 0.317 e. The molecule has 1 fully saturated rings. The molecule has 2 aliphatic heterocycles. The van der Waals surface area contributed by atoms with Gasteiger partial charge in [-0.3, -0.25) is 0 Å². The fourth-order valence-electron chi connectivity index (χ4n) is 4.36. The SMILES string of the molecule is O=C(NCCCn1cnc2ccccc21)N1CCCC1c1ccc2c(c1)OCCO2. The first kappa shape index (κ1) is 18.8. The highest BCUT2D eigenvalue weighted by atomic mass is 16.6. The summed E-state index contributed by atoms with van der Waals surface area (Å²) >= 11 is 0. The highest BCUT2D eigenvalue weighted by Crippen LogP contribution is 2.38. The number of ether oxygens (including phenoxy) is 2. The maximum absolute atomic E-state index is 12.8. The molecule has 0 spiro atoms. The third-order valence-electron chi connectivity index (χ3n) is 5.84. The first-order valence-electron chi connectivity index (χ1n) is 10.6. The number of likely N-dealkylation sites (tertiary alicyclic amines) is 1. The van der Waals surface area contributed by atoms with Gasteiger partial charge in [-0.15, -0.1) is 0 Å². The Morgan fingerprint density at radius 3 is 2.93 bits per heavy atom. The molecule has 1 N–H and O–H groups in total. The van der Waals surface area contributed by atoms with Gasteiger partial charge in [-0.1, -0.05) is 18.2 Å². The third kappa shape index (κ3) is 3.67. The van der Waals surface area contributed by atoms with Crippen LogP contribution in [0.25, 0.3) is 11.0 Å². The number of hydrogen-bond acceptors (Lipinski definition) is 4. The van der Waals surface area contributed by atoms with Crippen molar-refractivity contribution in [1.82, 2.24) is 19.8 Å². The number of carbonyl (C=O) groups excluding carboxylic acids is 1. The van der Waals surface area contributed by atoms with E-state index in [4.69, 9.17) is 9.47 Å². The molecule has 5 rings (SSSR count). The summed E-state index contributed by atoms with van der Waals surface area (Å²) < 4.78 is 13.5. The number of aromatic nitrogens is 2. The van der Waals surface area contributed by atoms with Crippen LogP contribution in [0.4, 0.5) is 4.79 Å². The molecule has 1 saturated heterocycles. The number of para-hydroxylation sites is 2. The largest absolute Gasteiger partial charge is 0.486 e. The van der Waals surface area contributed by atoms with E-state index in [-0.39, 0.29) is 12.1 Å². The van der Waals surface area contributed by atoms with E-state index >= 15 is 0 Å². The minimum absolute atomic E-state index is 0.00267. The van der Waals surface area contributed by atoms with E-state index in [2.05, 4.69) is 20.9 Å². The van der Waals surface area contributed by atoms with Crippen LogP contribution in [0.3, 0.4) is 0 Å². The molecule has 0 bridgehead atoms. The van der Waals surface area contributed by atoms with Crippen molar-refractivity contribution in [3.63, 3.8) is 0 Å². The number of hydrogen-bond donors (Lipinski definition) is 1. The van der Waals surface area contributed by atoms with Gasteiger partial charge >= 0.3 is 6.03 Å². The molecule has 3 heterocycles. The number of nitrogens with one attached hydrogen (secondary N) is 1. The first-order chi connectivity index (χ1) is 14.8. The van der Waals surface area contributed by atoms with Gasteiger partial charge in [0.1, 0.15) is 13.2 Å². The molecule has 7 heteroatoms. The number of urea groups is 1. The van der Waals surface area contributed by atoms with E-state index in [1.165, 1.54) is 0 Å². The van der Waals surface area contributed by atoms with Crippen LogP contribution in [0.15, 0.2) is 48.8 Å². The third-order valence-corrected chi connectivity index (χ3v) is 5.84. The molecular weight excluding hydrogens is 380 g/mol. The molecule has 1 atom stereocenters. The topological polar surface area (TPSA) is 68.6 Å². The highest BCUT2D eigenvalue weighted by molar-refractivity contribution is 5.75. The first-order valence-corrected chi connectivity index (χ1v) is 10.6. The van der Waals surface area contributed by atoms with Gasteiger partial charge in [0, 0.05) is 19.6 Å². The predicted molar refractivity (Wildman–Crippen MR) is 114 cm³/mol. The summed E-state index contributed by atoms with van der Waals surface area (Å²) in [5, 5.41) is 3.09. The Labute approximate surface area is 175 Å². The molecule has 1 aromatic heterocycles. The minimum atomic E-state index is 0.00267. The Balaban J connectivity index is 1.17. The number of fused-ring (bicyclic) bond motifs is 2. The predicted octanol–water partition coefficient (Wildman–Crippen LogP) is 3.74. The summed E-state index contributed by atoms with van der Waals surface area (Å²) in [6.45, 7) is 3.38. The van der Waals surface area contributed by atoms with Gasteiger partial charge in [0.2, 0.25) is 0 Å². The summed E-state index contributed by atoms with van der Waals surface area (Å²) in [6.07, 6.45) is 4.70. The summed E-state index contributed by atoms with van der Waals surface area (Å²) in [7, 11) is 0. The molecular formula is C23H26N4O3. The number of nitrogens with zero attached hydrogens (tertiary/aromatic N) is 3. The number of imidazole rings is 1. The van der Waals surface area contributed by atoms with Crippen molar-refractivity contribution in [1.29, 1.82) is 0 Å². The lowest BCUT2D eigenvalue weighted by Gasteiger charge is -2.27. The maximum atomic E-state index is 12.8. The average molecular weight is 406 g/mol. The Morgan fingerprint density at radius 1 is 1.13 bits per heavy atom. The Bertz CT molecular complexity index is 1050. The molecule has 2 amide bonds. The van der Waals surface area contributed by atoms with Crippen molar-refractivity contribution >= 4 is 17.1 Å². The van der Waals surface area contributed by atoms with Crippen LogP contribution in [-0.2, 0) is 6.54 Å². The van der Waals surface area contributed by atoms with Gasteiger partial charge < -0.3 is 24.3 Å². The Morgan fingerprint density at radius 2 is 2.00 bits per heavy atom. The van der Waals surface area contributed by atoms with Gasteiger partial charge in [0.15, 0.2) is 11.5 Å². The Kier molecular flexibility index (Phi) is 5.17. The number of amides is 2. The van der Waals surface area contributed by atoms with E-state index in [0.717, 1.165) is 60.4 Å². The average Bonchev–Trinajstić information content (AvgIpc) is 3.44. The lowest BCUT2D eigenvalue weighted by Crippen LogP contribution is -2.40. The van der Waals surface area contributed by atoms with Crippen molar-refractivity contribution in [3.8, 4) is 11.5 Å². The van der Waals surface area contributed by atoms with Crippen LogP contribution in [0.5, 0.6) is 11.5 Å². The van der Waals surface area contributed by atoms with Gasteiger partial charge in [-0.2, -0.15) is 0 Å². The van der Waals surface area contributed by atoms with Crippen molar-refractivity contribution < 1.29 is 14.3 Å². The maximum Gasteiger partial charge on any atom is 0.317 e. The van der Waals surface area contributed by atoms with Crippen LogP contribution in [0, 0.1) is 0 Å². The zero-order valence-electron chi connectivity index (χ0n) is 16.9. The molecule has 0 radical (unpaired) electrons. The lowest BCUT2D eigenvalue weighted by atomic mass is 10.0. The van der Waals surface area contributed by atoms with E-state index in [9.17, 15) is 4.79 Å². The van der Waals surface area contributed by atoms with Crippen LogP contribution in [0.2, 0.25) is 0 Å². The molecule has 2 aliphatic rings. The second kappa shape index (κ2) is 8.26. The molecule has 3 aromatic rings. The number of aryl methyl sites for hydroxylation is 1. The van der Waals surface area contributed by atoms with Gasteiger partial charge in [-0.05, 0) is 49.1 Å². The minimum Gasteiger partial charge on any atom is -0.486 e. The lowest BCUT2D eigenvalue weighted by molar-refractivity contribution is 0.170. The molecule has 7 nitrogen and oxygen atoms in total. The van der Waals surface area contributed by atoms with Crippen molar-refractivity contribution in [2.24, 2.45) is 0 Å². The van der Waals surface area contributed by atoms with Crippen molar-refractivity contribution in [2.75, 3.05) is 26.3 Å². The molecule has 2 aromatic carbocycles.